The lowest BCUT2D eigenvalue weighted by atomic mass is 9.73. The van der Waals surface area contributed by atoms with Gasteiger partial charge in [0.25, 0.3) is 0 Å². The smallest absolute Gasteiger partial charge is 0.238 e. The molecule has 4 aliphatic rings. The van der Waals surface area contributed by atoms with Gasteiger partial charge in [0.05, 0.1) is 34.8 Å². The summed E-state index contributed by atoms with van der Waals surface area (Å²) in [6.45, 7) is 10.1. The molecule has 11 heteroatoms. The Bertz CT molecular complexity index is 1900. The van der Waals surface area contributed by atoms with E-state index in [1.165, 1.54) is 25.5 Å². The number of aromatic nitrogens is 4. The second kappa shape index (κ2) is 12.5. The number of aryl methyl sites for hydroxylation is 1. The highest BCUT2D eigenvalue weighted by Crippen LogP contribution is 2.52. The maximum absolute atomic E-state index is 14.7. The van der Waals surface area contributed by atoms with Crippen LogP contribution in [0.15, 0.2) is 49.1 Å². The number of anilines is 3. The molecule has 1 aromatic carbocycles. The Morgan fingerprint density at radius 3 is 2.53 bits per heavy atom. The molecule has 10 nitrogen and oxygen atoms in total. The zero-order valence-corrected chi connectivity index (χ0v) is 28.7. The summed E-state index contributed by atoms with van der Waals surface area (Å²) in [4.78, 5) is 47.9. The van der Waals surface area contributed by atoms with Crippen LogP contribution in [0.4, 0.5) is 21.6 Å². The number of carbonyl (C=O) groups excluding carboxylic acids is 2. The van der Waals surface area contributed by atoms with Gasteiger partial charge >= 0.3 is 0 Å². The average molecular weight is 665 g/mol. The largest absolute Gasteiger partial charge is 0.342 e. The van der Waals surface area contributed by atoms with Crippen molar-refractivity contribution >= 4 is 40.0 Å². The molecule has 1 N–H and O–H groups in total. The summed E-state index contributed by atoms with van der Waals surface area (Å²) in [5.74, 6) is 0.307. The summed E-state index contributed by atoms with van der Waals surface area (Å²) >= 11 is 0. The van der Waals surface area contributed by atoms with Crippen LogP contribution in [0.25, 0.3) is 22.3 Å². The number of likely N-dealkylation sites (tertiary alicyclic amines) is 2. The van der Waals surface area contributed by atoms with Gasteiger partial charge < -0.3 is 24.6 Å². The zero-order chi connectivity index (χ0) is 33.9. The summed E-state index contributed by atoms with van der Waals surface area (Å²) in [6, 6.07) is 10.5. The minimum Gasteiger partial charge on any atom is -0.342 e. The van der Waals surface area contributed by atoms with E-state index in [2.05, 4.69) is 43.3 Å². The van der Waals surface area contributed by atoms with Gasteiger partial charge in [-0.2, -0.15) is 0 Å². The van der Waals surface area contributed by atoms with Gasteiger partial charge in [-0.25, -0.2) is 14.4 Å². The molecule has 1 aliphatic carbocycles. The van der Waals surface area contributed by atoms with Gasteiger partial charge in [-0.1, -0.05) is 32.4 Å². The maximum atomic E-state index is 14.7. The lowest BCUT2D eigenvalue weighted by Crippen LogP contribution is -2.58. The quantitative estimate of drug-likeness (QED) is 0.249. The number of hydrogen-bond acceptors (Lipinski definition) is 7. The molecule has 2 saturated heterocycles. The van der Waals surface area contributed by atoms with Gasteiger partial charge in [0.2, 0.25) is 11.8 Å². The molecule has 49 heavy (non-hydrogen) atoms. The number of benzene rings is 1. The fraction of sp³-hybridized carbons (Fsp3) is 0.500. The molecule has 0 bridgehead atoms. The summed E-state index contributed by atoms with van der Waals surface area (Å²) in [6.07, 6.45) is 11.5. The van der Waals surface area contributed by atoms with Crippen molar-refractivity contribution in [1.29, 1.82) is 0 Å². The average Bonchev–Trinajstić information content (AvgIpc) is 3.62. The predicted octanol–water partition coefficient (Wildman–Crippen LogP) is 6.28. The van der Waals surface area contributed by atoms with Crippen LogP contribution in [0, 0.1) is 11.7 Å². The maximum Gasteiger partial charge on any atom is 0.238 e. The number of amides is 2. The highest BCUT2D eigenvalue weighted by atomic mass is 19.1. The second-order valence-corrected chi connectivity index (χ2v) is 14.6. The number of imidazole rings is 1. The van der Waals surface area contributed by atoms with Crippen molar-refractivity contribution < 1.29 is 14.0 Å². The molecular formula is C38H45FN8O2. The zero-order valence-electron chi connectivity index (χ0n) is 28.7. The molecular weight excluding hydrogens is 619 g/mol. The number of piperidine rings is 2. The van der Waals surface area contributed by atoms with Crippen LogP contribution in [-0.4, -0.2) is 79.4 Å². The highest BCUT2D eigenvalue weighted by molar-refractivity contribution is 6.09. The van der Waals surface area contributed by atoms with Crippen LogP contribution in [0.1, 0.15) is 71.3 Å². The molecule has 8 rings (SSSR count). The molecule has 256 valence electrons. The van der Waals surface area contributed by atoms with E-state index >= 15 is 0 Å². The molecule has 3 aromatic heterocycles. The van der Waals surface area contributed by atoms with E-state index in [9.17, 15) is 14.0 Å². The Kier molecular flexibility index (Phi) is 8.13. The van der Waals surface area contributed by atoms with E-state index in [-0.39, 0.29) is 29.5 Å². The second-order valence-electron chi connectivity index (χ2n) is 14.6. The van der Waals surface area contributed by atoms with E-state index in [0.29, 0.717) is 50.0 Å². The van der Waals surface area contributed by atoms with E-state index < -0.39 is 11.2 Å². The summed E-state index contributed by atoms with van der Waals surface area (Å²) in [5.41, 5.74) is 4.78. The molecule has 6 heterocycles. The Morgan fingerprint density at radius 1 is 1.04 bits per heavy atom. The molecule has 3 aliphatic heterocycles. The third-order valence-electron chi connectivity index (χ3n) is 11.4. The van der Waals surface area contributed by atoms with Crippen LogP contribution in [-0.2, 0) is 21.5 Å². The van der Waals surface area contributed by atoms with Crippen molar-refractivity contribution in [2.24, 2.45) is 5.92 Å². The van der Waals surface area contributed by atoms with Crippen LogP contribution in [0.5, 0.6) is 0 Å². The van der Waals surface area contributed by atoms with Crippen LogP contribution in [0.3, 0.4) is 0 Å². The number of pyridine rings is 2. The van der Waals surface area contributed by atoms with Gasteiger partial charge in [0.15, 0.2) is 11.6 Å². The molecule has 0 radical (unpaired) electrons. The molecule has 1 saturated carbocycles. The summed E-state index contributed by atoms with van der Waals surface area (Å²) < 4.78 is 16.7. The summed E-state index contributed by atoms with van der Waals surface area (Å²) in [5, 5.41) is 3.21. The molecule has 4 aromatic rings. The fourth-order valence-electron chi connectivity index (χ4n) is 8.60. The van der Waals surface area contributed by atoms with Crippen molar-refractivity contribution in [2.45, 2.75) is 89.8 Å². The molecule has 0 unspecified atom stereocenters. The minimum absolute atomic E-state index is 0.0654. The third-order valence-corrected chi connectivity index (χ3v) is 11.4. The minimum atomic E-state index is -0.638. The first kappa shape index (κ1) is 31.9. The lowest BCUT2D eigenvalue weighted by Gasteiger charge is -2.48. The van der Waals surface area contributed by atoms with E-state index in [4.69, 9.17) is 4.98 Å². The van der Waals surface area contributed by atoms with Crippen LogP contribution in [0.2, 0.25) is 0 Å². The van der Waals surface area contributed by atoms with Gasteiger partial charge in [-0.3, -0.25) is 14.6 Å². The predicted molar refractivity (Wildman–Crippen MR) is 188 cm³/mol. The Balaban J connectivity index is 1.17. The standard InChI is InChI=1S/C38H45FN8O2/c1-4-44-23-41-32-21-31(43-35(34(32)44)42-30-10-13-40-22-29(30)39)25-8-9-28-33(18-25)47(27-19-26(20-27)45-14-6-5-7-15-45)37(49)38(28)11-16-46(17-12-38)36(48)24(2)3/h8-10,13,18,21-24,26-27H,4-7,11-12,14-17,19-20H2,1-3H3,(H,40,42,43). The monoisotopic (exact) mass is 664 g/mol. The highest BCUT2D eigenvalue weighted by Gasteiger charge is 2.56. The normalized spacial score (nSPS) is 22.2. The van der Waals surface area contributed by atoms with E-state index in [1.807, 2.05) is 36.3 Å². The fourth-order valence-corrected chi connectivity index (χ4v) is 8.60. The number of carbonyl (C=O) groups is 2. The van der Waals surface area contributed by atoms with Crippen molar-refractivity contribution in [2.75, 3.05) is 36.4 Å². The van der Waals surface area contributed by atoms with Crippen molar-refractivity contribution in [1.82, 2.24) is 29.3 Å². The Labute approximate surface area is 286 Å². The number of rotatable bonds is 7. The van der Waals surface area contributed by atoms with Crippen molar-refractivity contribution in [3.05, 3.63) is 60.4 Å². The number of hydrogen-bond donors (Lipinski definition) is 1. The topological polar surface area (TPSA) is 99.5 Å². The Morgan fingerprint density at radius 2 is 1.82 bits per heavy atom. The number of halogens is 1. The lowest BCUT2D eigenvalue weighted by molar-refractivity contribution is -0.138. The first-order valence-corrected chi connectivity index (χ1v) is 18.0. The van der Waals surface area contributed by atoms with E-state index in [1.54, 1.807) is 18.6 Å². The van der Waals surface area contributed by atoms with Crippen LogP contribution >= 0.6 is 0 Å². The Hall–Kier alpha value is -4.38. The number of nitrogens with zero attached hydrogens (tertiary/aromatic N) is 7. The number of fused-ring (bicyclic) bond motifs is 3. The van der Waals surface area contributed by atoms with Crippen molar-refractivity contribution in [3.8, 4) is 11.3 Å². The SMILES string of the molecule is CCn1cnc2cc(-c3ccc4c(c3)N(C3CC(N5CCCCC5)C3)C(=O)C43CCN(C(=O)C(C)C)CC3)nc(Nc3ccncc3F)c21. The third kappa shape index (κ3) is 5.37. The molecule has 1 spiro atoms. The van der Waals surface area contributed by atoms with E-state index in [0.717, 1.165) is 53.8 Å². The molecule has 0 atom stereocenters. The molecule has 3 fully saturated rings. The van der Waals surface area contributed by atoms with Gasteiger partial charge in [-0.05, 0) is 82.3 Å². The number of nitrogens with one attached hydrogen (secondary N) is 1. The van der Waals surface area contributed by atoms with Crippen LogP contribution < -0.4 is 10.2 Å². The first-order valence-electron chi connectivity index (χ1n) is 18.0. The summed E-state index contributed by atoms with van der Waals surface area (Å²) in [7, 11) is 0. The van der Waals surface area contributed by atoms with Gasteiger partial charge in [-0.15, -0.1) is 0 Å². The van der Waals surface area contributed by atoms with Gasteiger partial charge in [0, 0.05) is 55.1 Å². The van der Waals surface area contributed by atoms with Crippen molar-refractivity contribution in [3.63, 3.8) is 0 Å². The molecule has 2 amide bonds. The first-order chi connectivity index (χ1) is 23.8. The van der Waals surface area contributed by atoms with Gasteiger partial charge in [0.1, 0.15) is 5.52 Å².